The number of allylic oxidation sites excluding steroid dienone is 2. The van der Waals surface area contributed by atoms with Crippen LogP contribution in [0.3, 0.4) is 0 Å². The van der Waals surface area contributed by atoms with Crippen LogP contribution in [0.25, 0.3) is 0 Å². The van der Waals surface area contributed by atoms with Gasteiger partial charge in [0.25, 0.3) is 0 Å². The second-order valence-electron chi connectivity index (χ2n) is 14.2. The van der Waals surface area contributed by atoms with E-state index in [9.17, 15) is 14.4 Å². The predicted molar refractivity (Wildman–Crippen MR) is 215 cm³/mol. The van der Waals surface area contributed by atoms with E-state index in [4.69, 9.17) is 18.9 Å². The van der Waals surface area contributed by atoms with Crippen LogP contribution in [0.5, 0.6) is 17.2 Å². The highest BCUT2D eigenvalue weighted by molar-refractivity contribution is 5.73. The highest BCUT2D eigenvalue weighted by Crippen LogP contribution is 2.28. The van der Waals surface area contributed by atoms with Crippen molar-refractivity contribution in [2.24, 2.45) is 0 Å². The third kappa shape index (κ3) is 19.2. The van der Waals surface area contributed by atoms with Gasteiger partial charge in [-0.2, -0.15) is 0 Å². The molecule has 1 aliphatic heterocycles. The number of ether oxygens (including phenoxy) is 4. The molecule has 1 fully saturated rings. The summed E-state index contributed by atoms with van der Waals surface area (Å²) in [6.45, 7) is 5.35. The van der Waals surface area contributed by atoms with E-state index in [0.717, 1.165) is 51.4 Å². The van der Waals surface area contributed by atoms with E-state index in [-0.39, 0.29) is 5.75 Å². The number of amides is 3. The molecule has 1 heterocycles. The molecule has 3 amide bonds. The van der Waals surface area contributed by atoms with Crippen LogP contribution in [-0.4, -0.2) is 48.7 Å². The molecule has 54 heavy (non-hydrogen) atoms. The first kappa shape index (κ1) is 44.2. The predicted octanol–water partition coefficient (Wildman–Crippen LogP) is 12.2. The van der Waals surface area contributed by atoms with Crippen molar-refractivity contribution in [3.63, 3.8) is 0 Å². The van der Waals surface area contributed by atoms with Crippen LogP contribution in [0.2, 0.25) is 0 Å². The maximum Gasteiger partial charge on any atom is 0.421 e. The van der Waals surface area contributed by atoms with Crippen molar-refractivity contribution in [2.45, 2.75) is 161 Å². The van der Waals surface area contributed by atoms with Gasteiger partial charge in [-0.1, -0.05) is 121 Å². The molecule has 2 aromatic rings. The standard InChI is InChI=1S/C44H67N3O7/c1-3-5-7-9-10-11-12-13-14-15-16-17-18-19-20-25-36-46-43(49)54-41-30-26-29-40(53-42(48)45-35-24-8-6-4-2)47(41)44(50)52-39-33-31-38(32-34-39)51-37-27-22-21-23-28-37/h13-14,21-23,27-28,31-34,40-41H,3-12,15-20,24-26,29-30,35-36H2,1-2H3,(H,45,48)(H,46,49). The minimum atomic E-state index is -0.964. The van der Waals surface area contributed by atoms with Gasteiger partial charge in [-0.15, -0.1) is 0 Å². The van der Waals surface area contributed by atoms with Crippen LogP contribution in [-0.2, 0) is 9.47 Å². The Morgan fingerprint density at radius 2 is 1.04 bits per heavy atom. The first-order valence-corrected chi connectivity index (χ1v) is 20.9. The summed E-state index contributed by atoms with van der Waals surface area (Å²) < 4.78 is 23.0. The summed E-state index contributed by atoms with van der Waals surface area (Å²) in [5, 5.41) is 5.61. The van der Waals surface area contributed by atoms with Crippen LogP contribution in [0.15, 0.2) is 66.7 Å². The Bertz CT molecular complexity index is 1320. The topological polar surface area (TPSA) is 115 Å². The molecule has 0 radical (unpaired) electrons. The number of unbranched alkanes of at least 4 members (excludes halogenated alkanes) is 15. The van der Waals surface area contributed by atoms with Gasteiger partial charge in [-0.25, -0.2) is 19.3 Å². The second-order valence-corrected chi connectivity index (χ2v) is 14.2. The number of alkyl carbamates (subject to hydrolysis) is 2. The summed E-state index contributed by atoms with van der Waals surface area (Å²) in [5.41, 5.74) is 0. The van der Waals surface area contributed by atoms with Crippen molar-refractivity contribution in [1.29, 1.82) is 0 Å². The molecule has 10 nitrogen and oxygen atoms in total. The summed E-state index contributed by atoms with van der Waals surface area (Å²) in [5.74, 6) is 1.54. The molecule has 2 aromatic carbocycles. The SMILES string of the molecule is CCCCCCCCC=CCCCCCCCCNC(=O)OC1CCCC(OC(=O)NCCCCCC)N1C(=O)Oc1ccc(Oc2ccccc2)cc1. The smallest absolute Gasteiger partial charge is 0.421 e. The zero-order valence-electron chi connectivity index (χ0n) is 33.1. The van der Waals surface area contributed by atoms with Gasteiger partial charge in [0.05, 0.1) is 0 Å². The quantitative estimate of drug-likeness (QED) is 0.0726. The summed E-state index contributed by atoms with van der Waals surface area (Å²) in [6.07, 6.45) is 23.2. The van der Waals surface area contributed by atoms with Crippen molar-refractivity contribution >= 4 is 18.3 Å². The Balaban J connectivity index is 1.42. The van der Waals surface area contributed by atoms with Crippen molar-refractivity contribution in [2.75, 3.05) is 13.1 Å². The van der Waals surface area contributed by atoms with E-state index in [2.05, 4.69) is 36.6 Å². The van der Waals surface area contributed by atoms with Crippen molar-refractivity contribution in [3.05, 3.63) is 66.7 Å². The Morgan fingerprint density at radius 1 is 0.593 bits per heavy atom. The van der Waals surface area contributed by atoms with Gasteiger partial charge >= 0.3 is 18.3 Å². The molecule has 1 aliphatic rings. The van der Waals surface area contributed by atoms with E-state index in [1.807, 2.05) is 30.3 Å². The third-order valence-electron chi connectivity index (χ3n) is 9.49. The van der Waals surface area contributed by atoms with Gasteiger partial charge in [-0.05, 0) is 81.3 Å². The zero-order valence-corrected chi connectivity index (χ0v) is 33.1. The monoisotopic (exact) mass is 749 g/mol. The Kier molecular flexibility index (Phi) is 23.1. The lowest BCUT2D eigenvalue weighted by atomic mass is 10.1. The second kappa shape index (κ2) is 28.3. The highest BCUT2D eigenvalue weighted by atomic mass is 16.6. The molecule has 300 valence electrons. The minimum Gasteiger partial charge on any atom is -0.457 e. The van der Waals surface area contributed by atoms with E-state index in [1.165, 1.54) is 69.1 Å². The number of rotatable bonds is 26. The molecule has 0 saturated carbocycles. The molecule has 10 heteroatoms. The van der Waals surface area contributed by atoms with Gasteiger partial charge < -0.3 is 29.6 Å². The van der Waals surface area contributed by atoms with Crippen molar-refractivity contribution in [3.8, 4) is 17.2 Å². The van der Waals surface area contributed by atoms with Crippen LogP contribution >= 0.6 is 0 Å². The lowest BCUT2D eigenvalue weighted by Gasteiger charge is -2.39. The molecular formula is C44H67N3O7. The van der Waals surface area contributed by atoms with Gasteiger partial charge in [0.2, 0.25) is 0 Å². The molecular weight excluding hydrogens is 682 g/mol. The van der Waals surface area contributed by atoms with Crippen LogP contribution in [0.1, 0.15) is 149 Å². The molecule has 0 aromatic heterocycles. The number of hydrogen-bond donors (Lipinski definition) is 2. The summed E-state index contributed by atoms with van der Waals surface area (Å²) in [7, 11) is 0. The van der Waals surface area contributed by atoms with Gasteiger partial charge in [-0.3, -0.25) is 0 Å². The van der Waals surface area contributed by atoms with Gasteiger partial charge in [0.15, 0.2) is 12.5 Å². The lowest BCUT2D eigenvalue weighted by molar-refractivity contribution is -0.113. The van der Waals surface area contributed by atoms with Crippen LogP contribution < -0.4 is 20.1 Å². The molecule has 2 atom stereocenters. The fraction of sp³-hybridized carbons (Fsp3) is 0.614. The van der Waals surface area contributed by atoms with E-state index in [1.54, 1.807) is 24.3 Å². The van der Waals surface area contributed by atoms with E-state index in [0.29, 0.717) is 43.9 Å². The third-order valence-corrected chi connectivity index (χ3v) is 9.49. The van der Waals surface area contributed by atoms with Gasteiger partial charge in [0, 0.05) is 25.9 Å². The number of likely N-dealkylation sites (tertiary alicyclic amines) is 1. The number of para-hydroxylation sites is 1. The van der Waals surface area contributed by atoms with Crippen molar-refractivity contribution in [1.82, 2.24) is 15.5 Å². The van der Waals surface area contributed by atoms with Crippen LogP contribution in [0.4, 0.5) is 14.4 Å². The molecule has 2 unspecified atom stereocenters. The maximum absolute atomic E-state index is 13.6. The molecule has 1 saturated heterocycles. The number of hydrogen-bond acceptors (Lipinski definition) is 7. The van der Waals surface area contributed by atoms with E-state index >= 15 is 0 Å². The highest BCUT2D eigenvalue weighted by Gasteiger charge is 2.40. The molecule has 2 N–H and O–H groups in total. The number of nitrogens with zero attached hydrogens (tertiary/aromatic N) is 1. The molecule has 0 spiro atoms. The lowest BCUT2D eigenvalue weighted by Crippen LogP contribution is -2.55. The number of piperidine rings is 1. The number of carbonyl (C=O) groups excluding carboxylic acids is 3. The number of nitrogens with one attached hydrogen (secondary N) is 2. The normalized spacial score (nSPS) is 15.5. The van der Waals surface area contributed by atoms with E-state index < -0.39 is 30.7 Å². The van der Waals surface area contributed by atoms with Crippen molar-refractivity contribution < 1.29 is 33.3 Å². The molecule has 0 bridgehead atoms. The first-order valence-electron chi connectivity index (χ1n) is 20.9. The minimum absolute atomic E-state index is 0.272. The average Bonchev–Trinajstić information content (AvgIpc) is 3.17. The maximum atomic E-state index is 13.6. The average molecular weight is 750 g/mol. The van der Waals surface area contributed by atoms with Gasteiger partial charge in [0.1, 0.15) is 17.2 Å². The Hall–Kier alpha value is -4.21. The fourth-order valence-electron chi connectivity index (χ4n) is 6.39. The largest absolute Gasteiger partial charge is 0.457 e. The van der Waals surface area contributed by atoms with Crippen LogP contribution in [0, 0.1) is 0 Å². The Morgan fingerprint density at radius 3 is 1.57 bits per heavy atom. The summed E-state index contributed by atoms with van der Waals surface area (Å²) in [4.78, 5) is 40.5. The fourth-order valence-corrected chi connectivity index (χ4v) is 6.39. The zero-order chi connectivity index (χ0) is 38.5. The molecule has 3 rings (SSSR count). The number of carbonyl (C=O) groups is 3. The Labute approximate surface area is 324 Å². The number of benzene rings is 2. The molecule has 0 aliphatic carbocycles. The summed E-state index contributed by atoms with van der Waals surface area (Å²) >= 11 is 0. The summed E-state index contributed by atoms with van der Waals surface area (Å²) in [6, 6.07) is 16.0. The first-order chi connectivity index (χ1) is 26.5.